The van der Waals surface area contributed by atoms with E-state index in [9.17, 15) is 9.90 Å². The van der Waals surface area contributed by atoms with Crippen LogP contribution in [0.4, 0.5) is 5.69 Å². The van der Waals surface area contributed by atoms with Crippen LogP contribution in [0.1, 0.15) is 19.3 Å². The molecule has 1 fully saturated rings. The number of amides is 1. The summed E-state index contributed by atoms with van der Waals surface area (Å²) in [6.45, 7) is 2.23. The Hall–Kier alpha value is -2.81. The quantitative estimate of drug-likeness (QED) is 0.497. The number of carbonyl (C=O) groups excluding carboxylic acids is 1. The molecule has 32 heavy (non-hydrogen) atoms. The molecule has 172 valence electrons. The molecule has 4 rings (SSSR count). The molecule has 8 nitrogen and oxygen atoms in total. The Labute approximate surface area is 188 Å². The van der Waals surface area contributed by atoms with Crippen LogP contribution in [-0.4, -0.2) is 62.1 Å². The Morgan fingerprint density at radius 3 is 2.62 bits per heavy atom. The molecule has 0 spiro atoms. The van der Waals surface area contributed by atoms with Crippen molar-refractivity contribution >= 4 is 11.6 Å². The van der Waals surface area contributed by atoms with Gasteiger partial charge in [-0.25, -0.2) is 0 Å². The van der Waals surface area contributed by atoms with E-state index >= 15 is 0 Å². The summed E-state index contributed by atoms with van der Waals surface area (Å²) in [5.41, 5.74) is 0.335. The van der Waals surface area contributed by atoms with Crippen LogP contribution in [0, 0.1) is 0 Å². The average Bonchev–Trinajstić information content (AvgIpc) is 2.83. The highest BCUT2D eigenvalue weighted by Gasteiger charge is 2.36. The second-order valence-corrected chi connectivity index (χ2v) is 8.35. The van der Waals surface area contributed by atoms with Crippen molar-refractivity contribution in [3.05, 3.63) is 48.5 Å². The van der Waals surface area contributed by atoms with Crippen LogP contribution in [-0.2, 0) is 4.79 Å². The Balaban J connectivity index is 1.34. The number of rotatable bonds is 8. The highest BCUT2D eigenvalue weighted by molar-refractivity contribution is 5.91. The Morgan fingerprint density at radius 1 is 1.19 bits per heavy atom. The van der Waals surface area contributed by atoms with Crippen LogP contribution >= 0.6 is 0 Å². The molecule has 0 aliphatic carbocycles. The molecule has 4 N–H and O–H groups in total. The summed E-state index contributed by atoms with van der Waals surface area (Å²) in [5.74, 6) is 2.00. The van der Waals surface area contributed by atoms with Gasteiger partial charge >= 0.3 is 0 Å². The van der Waals surface area contributed by atoms with Gasteiger partial charge < -0.3 is 35.3 Å². The van der Waals surface area contributed by atoms with Gasteiger partial charge in [-0.15, -0.1) is 0 Å². The van der Waals surface area contributed by atoms with Crippen molar-refractivity contribution < 1.29 is 24.1 Å². The third-order valence-electron chi connectivity index (χ3n) is 6.08. The summed E-state index contributed by atoms with van der Waals surface area (Å²) in [6, 6.07) is 14.7. The van der Waals surface area contributed by atoms with Crippen molar-refractivity contribution in [1.29, 1.82) is 0 Å². The fourth-order valence-electron chi connectivity index (χ4n) is 4.19. The predicted octanol–water partition coefficient (Wildman–Crippen LogP) is 1.94. The second kappa shape index (κ2) is 10.2. The fourth-order valence-corrected chi connectivity index (χ4v) is 4.19. The van der Waals surface area contributed by atoms with Gasteiger partial charge in [-0.1, -0.05) is 12.1 Å². The molecule has 0 radical (unpaired) electrons. The van der Waals surface area contributed by atoms with Crippen LogP contribution in [0.15, 0.2) is 48.5 Å². The van der Waals surface area contributed by atoms with Gasteiger partial charge in [0.1, 0.15) is 18.5 Å². The zero-order valence-corrected chi connectivity index (χ0v) is 18.3. The van der Waals surface area contributed by atoms with Gasteiger partial charge in [-0.3, -0.25) is 4.79 Å². The van der Waals surface area contributed by atoms with Gasteiger partial charge in [0.15, 0.2) is 17.6 Å². The number of methoxy groups -OCH3 is 1. The van der Waals surface area contributed by atoms with E-state index in [-0.39, 0.29) is 12.5 Å². The summed E-state index contributed by atoms with van der Waals surface area (Å²) >= 11 is 0. The average molecular weight is 442 g/mol. The van der Waals surface area contributed by atoms with E-state index in [1.807, 2.05) is 48.5 Å². The van der Waals surface area contributed by atoms with E-state index in [0.717, 1.165) is 37.4 Å². The van der Waals surface area contributed by atoms with Crippen LogP contribution in [0.5, 0.6) is 17.2 Å². The lowest BCUT2D eigenvalue weighted by Crippen LogP contribution is -2.57. The van der Waals surface area contributed by atoms with Crippen molar-refractivity contribution in [3.8, 4) is 17.2 Å². The molecule has 8 heteroatoms. The fraction of sp³-hybridized carbons (Fsp3) is 0.458. The Bertz CT molecular complexity index is 899. The third-order valence-corrected chi connectivity index (χ3v) is 6.08. The van der Waals surface area contributed by atoms with E-state index in [1.54, 1.807) is 7.11 Å². The zero-order chi connectivity index (χ0) is 22.4. The number of piperidine rings is 1. The Morgan fingerprint density at radius 2 is 1.91 bits per heavy atom. The number of aliphatic hydroxyl groups excluding tert-OH is 1. The number of fused-ring (bicyclic) bond motifs is 1. The van der Waals surface area contributed by atoms with E-state index in [2.05, 4.69) is 16.0 Å². The van der Waals surface area contributed by atoms with Crippen molar-refractivity contribution in [3.63, 3.8) is 0 Å². The molecule has 1 amide bonds. The van der Waals surface area contributed by atoms with E-state index in [0.29, 0.717) is 24.5 Å². The highest BCUT2D eigenvalue weighted by atomic mass is 16.6. The highest BCUT2D eigenvalue weighted by Crippen LogP contribution is 2.32. The summed E-state index contributed by atoms with van der Waals surface area (Å²) < 4.78 is 16.8. The third kappa shape index (κ3) is 5.51. The number of hydrogen-bond donors (Lipinski definition) is 4. The SMILES string of the molecule is COc1ccc(NC(=O)CC2(NCC(O)C3COc4ccccc4O3)CCNCC2)cc1. The van der Waals surface area contributed by atoms with Gasteiger partial charge in [0.2, 0.25) is 5.91 Å². The van der Waals surface area contributed by atoms with Crippen LogP contribution in [0.25, 0.3) is 0 Å². The zero-order valence-electron chi connectivity index (χ0n) is 18.3. The first-order valence-electron chi connectivity index (χ1n) is 11.0. The maximum atomic E-state index is 12.8. The number of carbonyl (C=O) groups is 1. The van der Waals surface area contributed by atoms with Gasteiger partial charge in [-0.05, 0) is 62.3 Å². The van der Waals surface area contributed by atoms with Crippen LogP contribution < -0.4 is 30.2 Å². The topological polar surface area (TPSA) is 101 Å². The number of anilines is 1. The molecule has 2 unspecified atom stereocenters. The molecule has 0 saturated carbocycles. The van der Waals surface area contributed by atoms with Gasteiger partial charge in [0.25, 0.3) is 0 Å². The van der Waals surface area contributed by atoms with Crippen LogP contribution in [0.2, 0.25) is 0 Å². The van der Waals surface area contributed by atoms with Crippen molar-refractivity contribution in [2.24, 2.45) is 0 Å². The van der Waals surface area contributed by atoms with Gasteiger partial charge in [0.05, 0.1) is 7.11 Å². The lowest BCUT2D eigenvalue weighted by Gasteiger charge is -2.39. The molecule has 2 aliphatic rings. The summed E-state index contributed by atoms with van der Waals surface area (Å²) in [6.07, 6.45) is 0.670. The van der Waals surface area contributed by atoms with Crippen molar-refractivity contribution in [2.75, 3.05) is 38.7 Å². The summed E-state index contributed by atoms with van der Waals surface area (Å²) in [5, 5.41) is 20.6. The lowest BCUT2D eigenvalue weighted by molar-refractivity contribution is -0.118. The lowest BCUT2D eigenvalue weighted by atomic mass is 9.84. The molecule has 1 saturated heterocycles. The van der Waals surface area contributed by atoms with E-state index in [1.165, 1.54) is 0 Å². The smallest absolute Gasteiger partial charge is 0.226 e. The molecule has 2 aromatic carbocycles. The minimum atomic E-state index is -0.764. The number of hydrogen-bond acceptors (Lipinski definition) is 7. The number of para-hydroxylation sites is 2. The molecular weight excluding hydrogens is 410 g/mol. The molecule has 2 heterocycles. The number of aliphatic hydroxyl groups is 1. The van der Waals surface area contributed by atoms with Gasteiger partial charge in [-0.2, -0.15) is 0 Å². The van der Waals surface area contributed by atoms with Crippen LogP contribution in [0.3, 0.4) is 0 Å². The first-order valence-corrected chi connectivity index (χ1v) is 11.0. The maximum absolute atomic E-state index is 12.8. The number of β-amino-alcohol motifs (C(OH)–C–C–N with tert-alkyl or cyclic N) is 1. The van der Waals surface area contributed by atoms with Gasteiger partial charge in [0, 0.05) is 24.2 Å². The maximum Gasteiger partial charge on any atom is 0.226 e. The largest absolute Gasteiger partial charge is 0.497 e. The molecule has 2 atom stereocenters. The minimum Gasteiger partial charge on any atom is -0.497 e. The first kappa shape index (κ1) is 22.4. The molecular formula is C24H31N3O5. The monoisotopic (exact) mass is 441 g/mol. The summed E-state index contributed by atoms with van der Waals surface area (Å²) in [4.78, 5) is 12.8. The summed E-state index contributed by atoms with van der Waals surface area (Å²) in [7, 11) is 1.61. The number of ether oxygens (including phenoxy) is 3. The standard InChI is InChI=1S/C24H31N3O5/c1-30-18-8-6-17(7-9-18)27-23(29)14-24(10-12-25-13-11-24)26-15-19(28)22-16-31-20-4-2-3-5-21(20)32-22/h2-9,19,22,25-26,28H,10-16H2,1H3,(H,27,29). The van der Waals surface area contributed by atoms with Crippen molar-refractivity contribution in [2.45, 2.75) is 37.0 Å². The Kier molecular flexibility index (Phi) is 7.14. The molecule has 2 aliphatic heterocycles. The normalized spacial score (nSPS) is 20.2. The molecule has 0 aromatic heterocycles. The molecule has 0 bridgehead atoms. The van der Waals surface area contributed by atoms with E-state index < -0.39 is 17.7 Å². The predicted molar refractivity (Wildman–Crippen MR) is 121 cm³/mol. The van der Waals surface area contributed by atoms with E-state index in [4.69, 9.17) is 14.2 Å². The number of benzene rings is 2. The first-order chi connectivity index (χ1) is 15.6. The van der Waals surface area contributed by atoms with Crippen molar-refractivity contribution in [1.82, 2.24) is 10.6 Å². The second-order valence-electron chi connectivity index (χ2n) is 8.35. The number of nitrogens with one attached hydrogen (secondary N) is 3. The molecule has 2 aromatic rings. The minimum absolute atomic E-state index is 0.0646.